The van der Waals surface area contributed by atoms with Crippen molar-refractivity contribution in [3.63, 3.8) is 0 Å². The number of benzene rings is 1. The van der Waals surface area contributed by atoms with Gasteiger partial charge < -0.3 is 10.6 Å². The molecule has 0 amide bonds. The van der Waals surface area contributed by atoms with Gasteiger partial charge in [0.25, 0.3) is 0 Å². The molecule has 0 saturated carbocycles. The summed E-state index contributed by atoms with van der Waals surface area (Å²) < 4.78 is 27.3. The Bertz CT molecular complexity index is 628. The van der Waals surface area contributed by atoms with E-state index in [0.717, 1.165) is 13.0 Å². The summed E-state index contributed by atoms with van der Waals surface area (Å²) in [6, 6.07) is 5.14. The molecule has 21 heavy (non-hydrogen) atoms. The maximum Gasteiger partial charge on any atom is 0.240 e. The highest BCUT2D eigenvalue weighted by Gasteiger charge is 2.16. The SMILES string of the molecule is Cc1ccc(C#CCN)cc1S(=O)(=O)NCCCN(C)C. The number of sulfonamides is 1. The molecule has 0 radical (unpaired) electrons. The first-order valence-corrected chi connectivity index (χ1v) is 8.29. The van der Waals surface area contributed by atoms with Gasteiger partial charge >= 0.3 is 0 Å². The Morgan fingerprint density at radius 1 is 1.33 bits per heavy atom. The van der Waals surface area contributed by atoms with Crippen molar-refractivity contribution in [3.8, 4) is 11.8 Å². The Labute approximate surface area is 127 Å². The van der Waals surface area contributed by atoms with E-state index in [1.807, 2.05) is 19.0 Å². The Morgan fingerprint density at radius 2 is 2.05 bits per heavy atom. The fourth-order valence-corrected chi connectivity index (χ4v) is 3.14. The molecule has 0 saturated heterocycles. The summed E-state index contributed by atoms with van der Waals surface area (Å²) >= 11 is 0. The first-order chi connectivity index (χ1) is 9.86. The highest BCUT2D eigenvalue weighted by atomic mass is 32.2. The maximum atomic E-state index is 12.3. The second-order valence-corrected chi connectivity index (χ2v) is 6.78. The molecule has 0 unspecified atom stereocenters. The van der Waals surface area contributed by atoms with Gasteiger partial charge in [0.2, 0.25) is 10.0 Å². The van der Waals surface area contributed by atoms with Crippen LogP contribution in [0.3, 0.4) is 0 Å². The fraction of sp³-hybridized carbons (Fsp3) is 0.467. The third-order valence-corrected chi connectivity index (χ3v) is 4.49. The van der Waals surface area contributed by atoms with E-state index < -0.39 is 10.0 Å². The highest BCUT2D eigenvalue weighted by Crippen LogP contribution is 2.16. The van der Waals surface area contributed by atoms with Crippen molar-refractivity contribution in [2.75, 3.05) is 33.7 Å². The summed E-state index contributed by atoms with van der Waals surface area (Å²) in [7, 11) is 0.409. The number of nitrogens with two attached hydrogens (primary N) is 1. The minimum Gasteiger partial charge on any atom is -0.320 e. The van der Waals surface area contributed by atoms with Crippen LogP contribution in [0.4, 0.5) is 0 Å². The van der Waals surface area contributed by atoms with Gasteiger partial charge in [-0.25, -0.2) is 13.1 Å². The van der Waals surface area contributed by atoms with E-state index in [2.05, 4.69) is 16.6 Å². The molecule has 0 aliphatic rings. The topological polar surface area (TPSA) is 75.4 Å². The van der Waals surface area contributed by atoms with Gasteiger partial charge in [0.1, 0.15) is 0 Å². The first-order valence-electron chi connectivity index (χ1n) is 6.81. The van der Waals surface area contributed by atoms with Crippen LogP contribution in [0, 0.1) is 18.8 Å². The summed E-state index contributed by atoms with van der Waals surface area (Å²) in [4.78, 5) is 2.29. The molecular weight excluding hydrogens is 286 g/mol. The average molecular weight is 309 g/mol. The van der Waals surface area contributed by atoms with Crippen LogP contribution in [-0.2, 0) is 10.0 Å². The van der Waals surface area contributed by atoms with Gasteiger partial charge in [-0.2, -0.15) is 0 Å². The van der Waals surface area contributed by atoms with E-state index in [4.69, 9.17) is 5.73 Å². The monoisotopic (exact) mass is 309 g/mol. The number of aryl methyl sites for hydroxylation is 1. The van der Waals surface area contributed by atoms with Gasteiger partial charge in [0.05, 0.1) is 11.4 Å². The largest absolute Gasteiger partial charge is 0.320 e. The normalized spacial score (nSPS) is 11.3. The number of nitrogens with zero attached hydrogens (tertiary/aromatic N) is 1. The summed E-state index contributed by atoms with van der Waals surface area (Å²) in [5.41, 5.74) is 6.68. The van der Waals surface area contributed by atoms with Gasteiger partial charge in [-0.05, 0) is 51.7 Å². The summed E-state index contributed by atoms with van der Waals surface area (Å²) in [5, 5.41) is 0. The molecule has 0 bridgehead atoms. The third kappa shape index (κ3) is 5.86. The molecule has 5 nitrogen and oxygen atoms in total. The predicted molar refractivity (Wildman–Crippen MR) is 85.5 cm³/mol. The van der Waals surface area contributed by atoms with Gasteiger partial charge in [0, 0.05) is 12.1 Å². The van der Waals surface area contributed by atoms with Crippen LogP contribution in [0.25, 0.3) is 0 Å². The Kier molecular flexibility index (Phi) is 6.85. The second-order valence-electron chi connectivity index (χ2n) is 5.04. The van der Waals surface area contributed by atoms with Crippen LogP contribution in [-0.4, -0.2) is 47.0 Å². The van der Waals surface area contributed by atoms with Crippen molar-refractivity contribution in [1.82, 2.24) is 9.62 Å². The third-order valence-electron chi connectivity index (χ3n) is 2.89. The molecule has 1 aromatic carbocycles. The number of hydrogen-bond donors (Lipinski definition) is 2. The van der Waals surface area contributed by atoms with Crippen molar-refractivity contribution >= 4 is 10.0 Å². The zero-order chi connectivity index (χ0) is 15.9. The molecule has 6 heteroatoms. The number of rotatable bonds is 6. The van der Waals surface area contributed by atoms with Crippen molar-refractivity contribution in [2.45, 2.75) is 18.2 Å². The summed E-state index contributed by atoms with van der Waals surface area (Å²) in [6.07, 6.45) is 0.762. The van der Waals surface area contributed by atoms with Gasteiger partial charge in [-0.15, -0.1) is 0 Å². The van der Waals surface area contributed by atoms with Gasteiger partial charge in [-0.1, -0.05) is 17.9 Å². The standard InChI is InChI=1S/C15H23N3O2S/c1-13-7-8-14(6-4-9-16)12-15(13)21(19,20)17-10-5-11-18(2)3/h7-8,12,17H,5,9-11,16H2,1-3H3. The molecular formula is C15H23N3O2S. The van der Waals surface area contributed by atoms with Crippen LogP contribution < -0.4 is 10.5 Å². The number of hydrogen-bond acceptors (Lipinski definition) is 4. The van der Waals surface area contributed by atoms with Crippen molar-refractivity contribution in [3.05, 3.63) is 29.3 Å². The minimum absolute atomic E-state index is 0.249. The average Bonchev–Trinajstić information content (AvgIpc) is 2.42. The lowest BCUT2D eigenvalue weighted by Gasteiger charge is -2.12. The second kappa shape index (κ2) is 8.15. The first kappa shape index (κ1) is 17.7. The summed E-state index contributed by atoms with van der Waals surface area (Å²) in [5.74, 6) is 5.58. The fourth-order valence-electron chi connectivity index (χ4n) is 1.80. The van der Waals surface area contributed by atoms with Crippen LogP contribution in [0.2, 0.25) is 0 Å². The van der Waals surface area contributed by atoms with Crippen LogP contribution in [0.1, 0.15) is 17.5 Å². The van der Waals surface area contributed by atoms with E-state index in [1.165, 1.54) is 0 Å². The molecule has 0 aromatic heterocycles. The Hall–Kier alpha value is -1.39. The number of nitrogens with one attached hydrogen (secondary N) is 1. The molecule has 0 fully saturated rings. The lowest BCUT2D eigenvalue weighted by Crippen LogP contribution is -2.27. The summed E-state index contributed by atoms with van der Waals surface area (Å²) in [6.45, 7) is 3.27. The van der Waals surface area contributed by atoms with E-state index >= 15 is 0 Å². The molecule has 0 aliphatic carbocycles. The maximum absolute atomic E-state index is 12.3. The zero-order valence-electron chi connectivity index (χ0n) is 12.8. The Balaban J connectivity index is 2.86. The van der Waals surface area contributed by atoms with Crippen molar-refractivity contribution in [2.24, 2.45) is 5.73 Å². The van der Waals surface area contributed by atoms with E-state index in [0.29, 0.717) is 17.7 Å². The van der Waals surface area contributed by atoms with Gasteiger partial charge in [0.15, 0.2) is 0 Å². The van der Waals surface area contributed by atoms with Crippen molar-refractivity contribution in [1.29, 1.82) is 0 Å². The molecule has 1 rings (SSSR count). The zero-order valence-corrected chi connectivity index (χ0v) is 13.6. The van der Waals surface area contributed by atoms with Crippen LogP contribution >= 0.6 is 0 Å². The quantitative estimate of drug-likeness (QED) is 0.594. The highest BCUT2D eigenvalue weighted by molar-refractivity contribution is 7.89. The van der Waals surface area contributed by atoms with Gasteiger partial charge in [-0.3, -0.25) is 0 Å². The lowest BCUT2D eigenvalue weighted by molar-refractivity contribution is 0.400. The molecule has 0 spiro atoms. The van der Waals surface area contributed by atoms with Crippen LogP contribution in [0.5, 0.6) is 0 Å². The van der Waals surface area contributed by atoms with E-state index in [1.54, 1.807) is 25.1 Å². The molecule has 0 atom stereocenters. The molecule has 0 aliphatic heterocycles. The van der Waals surface area contributed by atoms with Crippen molar-refractivity contribution < 1.29 is 8.42 Å². The molecule has 0 heterocycles. The smallest absolute Gasteiger partial charge is 0.240 e. The molecule has 3 N–H and O–H groups in total. The van der Waals surface area contributed by atoms with Crippen LogP contribution in [0.15, 0.2) is 23.1 Å². The van der Waals surface area contributed by atoms with E-state index in [-0.39, 0.29) is 11.4 Å². The lowest BCUT2D eigenvalue weighted by atomic mass is 10.1. The molecule has 1 aromatic rings. The predicted octanol–water partition coefficient (Wildman–Crippen LogP) is 0.535. The minimum atomic E-state index is -3.50. The van der Waals surface area contributed by atoms with E-state index in [9.17, 15) is 8.42 Å². The Morgan fingerprint density at radius 3 is 2.67 bits per heavy atom. The molecule has 116 valence electrons.